The Morgan fingerprint density at radius 3 is 2.00 bits per heavy atom. The van der Waals surface area contributed by atoms with E-state index < -0.39 is 0 Å². The molecule has 1 nitrogen and oxygen atoms in total. The first-order valence-electron chi connectivity index (χ1n) is 4.53. The van der Waals surface area contributed by atoms with Gasteiger partial charge in [-0.3, -0.25) is 0 Å². The molecule has 0 heterocycles. The maximum absolute atomic E-state index is 2.19. The topological polar surface area (TPSA) is 3.24 Å². The van der Waals surface area contributed by atoms with Crippen LogP contribution in [0.1, 0.15) is 41.0 Å². The Kier molecular flexibility index (Phi) is 4.72. The Hall–Kier alpha value is -0.720. The zero-order valence-corrected chi connectivity index (χ0v) is 9.23. The van der Waals surface area contributed by atoms with Crippen LogP contribution in [-0.2, 0) is 0 Å². The minimum atomic E-state index is 1.13. The lowest BCUT2D eigenvalue weighted by Crippen LogP contribution is -2.09. The monoisotopic (exact) mass is 167 g/mol. The highest BCUT2D eigenvalue weighted by molar-refractivity contribution is 5.11. The van der Waals surface area contributed by atoms with Crippen LogP contribution in [0.4, 0.5) is 0 Å². The van der Waals surface area contributed by atoms with Crippen LogP contribution in [0.5, 0.6) is 0 Å². The zero-order valence-electron chi connectivity index (χ0n) is 9.23. The van der Waals surface area contributed by atoms with E-state index in [2.05, 4.69) is 52.8 Å². The van der Waals surface area contributed by atoms with E-state index in [1.165, 1.54) is 16.8 Å². The van der Waals surface area contributed by atoms with Crippen molar-refractivity contribution in [3.63, 3.8) is 0 Å². The molecule has 0 amide bonds. The average molecular weight is 167 g/mol. The highest BCUT2D eigenvalue weighted by Crippen LogP contribution is 2.11. The van der Waals surface area contributed by atoms with Crippen LogP contribution in [0.15, 0.2) is 23.0 Å². The number of hydrogen-bond acceptors (Lipinski definition) is 1. The van der Waals surface area contributed by atoms with Gasteiger partial charge in [0.1, 0.15) is 0 Å². The molecule has 0 aromatic rings. The van der Waals surface area contributed by atoms with E-state index in [4.69, 9.17) is 0 Å². The number of nitrogens with zero attached hydrogens (tertiary/aromatic N) is 1. The minimum absolute atomic E-state index is 1.13. The highest BCUT2D eigenvalue weighted by Gasteiger charge is 1.98. The van der Waals surface area contributed by atoms with Crippen molar-refractivity contribution in [2.45, 2.75) is 41.0 Å². The van der Waals surface area contributed by atoms with E-state index in [1.54, 1.807) is 0 Å². The third-order valence-electron chi connectivity index (χ3n) is 2.13. The predicted octanol–water partition coefficient (Wildman–Crippen LogP) is 3.55. The van der Waals surface area contributed by atoms with Crippen molar-refractivity contribution in [1.29, 1.82) is 0 Å². The first-order chi connectivity index (χ1) is 5.49. The molecule has 0 aliphatic heterocycles. The molecule has 0 unspecified atom stereocenters. The lowest BCUT2D eigenvalue weighted by atomic mass is 10.2. The van der Waals surface area contributed by atoms with Crippen molar-refractivity contribution in [2.24, 2.45) is 0 Å². The van der Waals surface area contributed by atoms with Crippen molar-refractivity contribution in [2.75, 3.05) is 7.05 Å². The first kappa shape index (κ1) is 11.3. The van der Waals surface area contributed by atoms with Gasteiger partial charge in [0.2, 0.25) is 0 Å². The van der Waals surface area contributed by atoms with Crippen LogP contribution in [0.25, 0.3) is 0 Å². The molecular formula is C11H21N. The molecule has 0 saturated heterocycles. The second-order valence-electron chi connectivity index (χ2n) is 3.54. The molecule has 0 saturated carbocycles. The Morgan fingerprint density at radius 2 is 1.67 bits per heavy atom. The molecule has 0 radical (unpaired) electrons. The van der Waals surface area contributed by atoms with Crippen molar-refractivity contribution in [3.8, 4) is 0 Å². The van der Waals surface area contributed by atoms with Gasteiger partial charge < -0.3 is 4.90 Å². The fraction of sp³-hybridized carbons (Fsp3) is 0.636. The molecule has 0 aliphatic rings. The lowest BCUT2D eigenvalue weighted by Gasteiger charge is -2.18. The zero-order chi connectivity index (χ0) is 9.72. The van der Waals surface area contributed by atoms with Gasteiger partial charge in [0.25, 0.3) is 0 Å². The summed E-state index contributed by atoms with van der Waals surface area (Å²) in [5.41, 5.74) is 4.15. The van der Waals surface area contributed by atoms with E-state index in [9.17, 15) is 0 Å². The smallest absolute Gasteiger partial charge is 0.0129 e. The summed E-state index contributed by atoms with van der Waals surface area (Å²) >= 11 is 0. The molecule has 0 N–H and O–H groups in total. The maximum atomic E-state index is 2.19. The molecule has 70 valence electrons. The summed E-state index contributed by atoms with van der Waals surface area (Å²) in [5.74, 6) is 0. The third kappa shape index (κ3) is 3.61. The van der Waals surface area contributed by atoms with Crippen LogP contribution in [0.2, 0.25) is 0 Å². The highest BCUT2D eigenvalue weighted by atomic mass is 15.1. The van der Waals surface area contributed by atoms with Crippen molar-refractivity contribution in [3.05, 3.63) is 23.0 Å². The van der Waals surface area contributed by atoms with Gasteiger partial charge in [-0.1, -0.05) is 18.1 Å². The SMILES string of the molecule is CC/C(C)=C(\C)N(C)C=C(C)C. The molecule has 0 aromatic heterocycles. The molecule has 0 atom stereocenters. The molecule has 0 fully saturated rings. The summed E-state index contributed by atoms with van der Waals surface area (Å²) in [6, 6.07) is 0. The first-order valence-corrected chi connectivity index (χ1v) is 4.53. The molecule has 1 heteroatoms. The second-order valence-corrected chi connectivity index (χ2v) is 3.54. The number of allylic oxidation sites excluding steroid dienone is 3. The molecule has 0 rings (SSSR count). The van der Waals surface area contributed by atoms with Crippen LogP contribution in [0, 0.1) is 0 Å². The standard InChI is InChI=1S/C11H21N/c1-7-10(4)11(5)12(6)8-9(2)3/h8H,7H2,1-6H3/b11-10+. The van der Waals surface area contributed by atoms with Gasteiger partial charge in [-0.15, -0.1) is 0 Å². The van der Waals surface area contributed by atoms with Crippen LogP contribution >= 0.6 is 0 Å². The summed E-state index contributed by atoms with van der Waals surface area (Å²) in [6.45, 7) is 10.8. The Labute approximate surface area is 76.8 Å². The summed E-state index contributed by atoms with van der Waals surface area (Å²) in [5, 5.41) is 0. The van der Waals surface area contributed by atoms with Gasteiger partial charge in [-0.25, -0.2) is 0 Å². The summed E-state index contributed by atoms with van der Waals surface area (Å²) in [7, 11) is 2.10. The Balaban J connectivity index is 4.49. The number of rotatable bonds is 3. The van der Waals surface area contributed by atoms with Crippen LogP contribution in [-0.4, -0.2) is 11.9 Å². The average Bonchev–Trinajstić information content (AvgIpc) is 2.00. The van der Waals surface area contributed by atoms with Gasteiger partial charge >= 0.3 is 0 Å². The van der Waals surface area contributed by atoms with Gasteiger partial charge in [0.15, 0.2) is 0 Å². The van der Waals surface area contributed by atoms with E-state index in [-0.39, 0.29) is 0 Å². The van der Waals surface area contributed by atoms with Gasteiger partial charge in [0.05, 0.1) is 0 Å². The lowest BCUT2D eigenvalue weighted by molar-refractivity contribution is 0.553. The molecule has 0 aromatic carbocycles. The van der Waals surface area contributed by atoms with E-state index in [0.29, 0.717) is 0 Å². The van der Waals surface area contributed by atoms with Crippen molar-refractivity contribution in [1.82, 2.24) is 4.90 Å². The second kappa shape index (κ2) is 5.02. The van der Waals surface area contributed by atoms with Crippen molar-refractivity contribution >= 4 is 0 Å². The third-order valence-corrected chi connectivity index (χ3v) is 2.13. The minimum Gasteiger partial charge on any atom is -0.355 e. The van der Waals surface area contributed by atoms with Crippen LogP contribution in [0.3, 0.4) is 0 Å². The van der Waals surface area contributed by atoms with E-state index >= 15 is 0 Å². The fourth-order valence-electron chi connectivity index (χ4n) is 1.04. The van der Waals surface area contributed by atoms with E-state index in [0.717, 1.165) is 6.42 Å². The maximum Gasteiger partial charge on any atom is 0.0129 e. The van der Waals surface area contributed by atoms with Gasteiger partial charge in [0, 0.05) is 18.9 Å². The molecule has 0 spiro atoms. The summed E-state index contributed by atoms with van der Waals surface area (Å²) in [4.78, 5) is 2.19. The Bertz CT molecular complexity index is 195. The van der Waals surface area contributed by atoms with Crippen LogP contribution < -0.4 is 0 Å². The fourth-order valence-corrected chi connectivity index (χ4v) is 1.04. The molecular weight excluding hydrogens is 146 g/mol. The van der Waals surface area contributed by atoms with Gasteiger partial charge in [-0.2, -0.15) is 0 Å². The van der Waals surface area contributed by atoms with E-state index in [1.807, 2.05) is 0 Å². The van der Waals surface area contributed by atoms with Crippen molar-refractivity contribution < 1.29 is 0 Å². The summed E-state index contributed by atoms with van der Waals surface area (Å²) < 4.78 is 0. The normalized spacial score (nSPS) is 12.2. The molecule has 0 bridgehead atoms. The predicted molar refractivity (Wildman–Crippen MR) is 55.9 cm³/mol. The largest absolute Gasteiger partial charge is 0.355 e. The molecule has 12 heavy (non-hydrogen) atoms. The quantitative estimate of drug-likeness (QED) is 0.621. The summed E-state index contributed by atoms with van der Waals surface area (Å²) in [6.07, 6.45) is 3.29. The van der Waals surface area contributed by atoms with Gasteiger partial charge in [-0.05, 0) is 34.1 Å². The molecule has 0 aliphatic carbocycles. The number of hydrogen-bond donors (Lipinski definition) is 0. The Morgan fingerprint density at radius 1 is 1.17 bits per heavy atom.